The van der Waals surface area contributed by atoms with Crippen molar-refractivity contribution in [2.24, 2.45) is 0 Å². The Balaban J connectivity index is 2.06. The fourth-order valence-corrected chi connectivity index (χ4v) is 2.73. The number of carbonyl (C=O) groups excluding carboxylic acids is 1. The zero-order chi connectivity index (χ0) is 13.7. The quantitative estimate of drug-likeness (QED) is 0.601. The van der Waals surface area contributed by atoms with Gasteiger partial charge in [-0.25, -0.2) is 0 Å². The minimum atomic E-state index is -0.173. The summed E-state index contributed by atoms with van der Waals surface area (Å²) in [5, 5.41) is 2.24. The minimum absolute atomic E-state index is 0.139. The highest BCUT2D eigenvalue weighted by atomic mass is 32.2. The van der Waals surface area contributed by atoms with Crippen LogP contribution in [0.2, 0.25) is 0 Å². The molecule has 0 radical (unpaired) electrons. The standard InChI is InChI=1S/C16H18O2S/c1-3-10-18-16(17)12(2)19-15-9-8-13-6-4-5-7-14(13)11-15/h4-9,11-12H,3,10H2,1-2H3. The van der Waals surface area contributed by atoms with Gasteiger partial charge >= 0.3 is 5.97 Å². The normalized spacial score (nSPS) is 12.3. The zero-order valence-electron chi connectivity index (χ0n) is 11.3. The van der Waals surface area contributed by atoms with Crippen LogP contribution in [0.4, 0.5) is 0 Å². The Kier molecular flexibility index (Phi) is 4.86. The van der Waals surface area contributed by atoms with Crippen molar-refractivity contribution in [3.05, 3.63) is 42.5 Å². The van der Waals surface area contributed by atoms with Crippen molar-refractivity contribution in [2.45, 2.75) is 30.4 Å². The van der Waals surface area contributed by atoms with E-state index in [-0.39, 0.29) is 11.2 Å². The van der Waals surface area contributed by atoms with Gasteiger partial charge in [0.25, 0.3) is 0 Å². The van der Waals surface area contributed by atoms with Crippen LogP contribution < -0.4 is 0 Å². The van der Waals surface area contributed by atoms with Gasteiger partial charge in [-0.2, -0.15) is 0 Å². The van der Waals surface area contributed by atoms with Crippen molar-refractivity contribution in [1.29, 1.82) is 0 Å². The second-order valence-corrected chi connectivity index (χ2v) is 5.85. The molecule has 0 N–H and O–H groups in total. The highest BCUT2D eigenvalue weighted by Gasteiger charge is 2.15. The van der Waals surface area contributed by atoms with Crippen LogP contribution in [-0.4, -0.2) is 17.8 Å². The first-order valence-corrected chi connectivity index (χ1v) is 7.40. The molecule has 0 aliphatic rings. The molecule has 2 aromatic rings. The highest BCUT2D eigenvalue weighted by molar-refractivity contribution is 8.00. The second kappa shape index (κ2) is 6.62. The summed E-state index contributed by atoms with van der Waals surface area (Å²) in [5.74, 6) is -0.139. The third kappa shape index (κ3) is 3.74. The summed E-state index contributed by atoms with van der Waals surface area (Å²) in [5.41, 5.74) is 0. The molecule has 2 rings (SSSR count). The van der Waals surface area contributed by atoms with Gasteiger partial charge in [0.2, 0.25) is 0 Å². The summed E-state index contributed by atoms with van der Waals surface area (Å²) in [6.07, 6.45) is 0.860. The number of thioether (sulfide) groups is 1. The Hall–Kier alpha value is -1.48. The van der Waals surface area contributed by atoms with Gasteiger partial charge in [0.1, 0.15) is 5.25 Å². The number of carbonyl (C=O) groups is 1. The van der Waals surface area contributed by atoms with Crippen LogP contribution in [0.25, 0.3) is 10.8 Å². The number of hydrogen-bond donors (Lipinski definition) is 0. The Labute approximate surface area is 118 Å². The molecular weight excluding hydrogens is 256 g/mol. The molecule has 1 atom stereocenters. The van der Waals surface area contributed by atoms with Gasteiger partial charge in [0, 0.05) is 4.90 Å². The Morgan fingerprint density at radius 3 is 2.68 bits per heavy atom. The van der Waals surface area contributed by atoms with E-state index < -0.39 is 0 Å². The molecule has 100 valence electrons. The van der Waals surface area contributed by atoms with Gasteiger partial charge in [-0.15, -0.1) is 11.8 Å². The van der Waals surface area contributed by atoms with E-state index in [1.54, 1.807) is 11.8 Å². The number of ether oxygens (including phenoxy) is 1. The van der Waals surface area contributed by atoms with Gasteiger partial charge in [0.15, 0.2) is 0 Å². The number of rotatable bonds is 5. The fraction of sp³-hybridized carbons (Fsp3) is 0.312. The maximum Gasteiger partial charge on any atom is 0.319 e. The fourth-order valence-electron chi connectivity index (χ4n) is 1.81. The zero-order valence-corrected chi connectivity index (χ0v) is 12.1. The largest absolute Gasteiger partial charge is 0.465 e. The van der Waals surface area contributed by atoms with Crippen LogP contribution in [0.5, 0.6) is 0 Å². The van der Waals surface area contributed by atoms with Gasteiger partial charge in [-0.05, 0) is 36.2 Å². The van der Waals surface area contributed by atoms with Crippen molar-refractivity contribution in [2.75, 3.05) is 6.61 Å². The van der Waals surface area contributed by atoms with Crippen LogP contribution in [0.3, 0.4) is 0 Å². The van der Waals surface area contributed by atoms with Gasteiger partial charge in [-0.3, -0.25) is 4.79 Å². The van der Waals surface area contributed by atoms with Crippen molar-refractivity contribution in [3.8, 4) is 0 Å². The Morgan fingerprint density at radius 2 is 1.95 bits per heavy atom. The van der Waals surface area contributed by atoms with E-state index >= 15 is 0 Å². The van der Waals surface area contributed by atoms with Crippen LogP contribution in [0.15, 0.2) is 47.4 Å². The van der Waals surface area contributed by atoms with Gasteiger partial charge in [0.05, 0.1) is 6.61 Å². The molecule has 0 bridgehead atoms. The number of fused-ring (bicyclic) bond motifs is 1. The molecule has 1 unspecified atom stereocenters. The summed E-state index contributed by atoms with van der Waals surface area (Å²) in [6, 6.07) is 14.5. The molecule has 2 aromatic carbocycles. The van der Waals surface area contributed by atoms with Crippen molar-refractivity contribution < 1.29 is 9.53 Å². The Bertz CT molecular complexity index is 565. The molecule has 0 aliphatic carbocycles. The first-order valence-electron chi connectivity index (χ1n) is 6.53. The molecule has 19 heavy (non-hydrogen) atoms. The van der Waals surface area contributed by atoms with Crippen LogP contribution in [-0.2, 0) is 9.53 Å². The molecule has 0 fully saturated rings. The summed E-state index contributed by atoms with van der Waals surface area (Å²) in [4.78, 5) is 12.8. The number of esters is 1. The lowest BCUT2D eigenvalue weighted by Crippen LogP contribution is -2.17. The van der Waals surface area contributed by atoms with Crippen molar-refractivity contribution in [1.82, 2.24) is 0 Å². The molecule has 0 saturated heterocycles. The topological polar surface area (TPSA) is 26.3 Å². The van der Waals surface area contributed by atoms with E-state index in [9.17, 15) is 4.79 Å². The molecule has 0 aliphatic heterocycles. The van der Waals surface area contributed by atoms with Crippen molar-refractivity contribution >= 4 is 28.5 Å². The van der Waals surface area contributed by atoms with Crippen LogP contribution in [0, 0.1) is 0 Å². The van der Waals surface area contributed by atoms with E-state index in [2.05, 4.69) is 30.3 Å². The van der Waals surface area contributed by atoms with Crippen molar-refractivity contribution in [3.63, 3.8) is 0 Å². The molecule has 3 heteroatoms. The lowest BCUT2D eigenvalue weighted by molar-refractivity contribution is -0.142. The Morgan fingerprint density at radius 1 is 1.21 bits per heavy atom. The predicted octanol–water partition coefficient (Wildman–Crippen LogP) is 4.27. The summed E-state index contributed by atoms with van der Waals surface area (Å²) in [6.45, 7) is 4.38. The summed E-state index contributed by atoms with van der Waals surface area (Å²) >= 11 is 1.54. The average Bonchev–Trinajstić information content (AvgIpc) is 2.44. The highest BCUT2D eigenvalue weighted by Crippen LogP contribution is 2.27. The molecule has 0 saturated carbocycles. The molecule has 0 spiro atoms. The van der Waals surface area contributed by atoms with E-state index in [0.29, 0.717) is 6.61 Å². The predicted molar refractivity (Wildman–Crippen MR) is 80.5 cm³/mol. The molecule has 0 aromatic heterocycles. The summed E-state index contributed by atoms with van der Waals surface area (Å²) in [7, 11) is 0. The van der Waals surface area contributed by atoms with E-state index in [1.807, 2.05) is 26.0 Å². The van der Waals surface area contributed by atoms with Crippen LogP contribution >= 0.6 is 11.8 Å². The first kappa shape index (κ1) is 13.9. The van der Waals surface area contributed by atoms with Gasteiger partial charge in [-0.1, -0.05) is 37.3 Å². The molecule has 0 heterocycles. The minimum Gasteiger partial charge on any atom is -0.465 e. The smallest absolute Gasteiger partial charge is 0.319 e. The third-order valence-electron chi connectivity index (χ3n) is 2.81. The number of benzene rings is 2. The van der Waals surface area contributed by atoms with E-state index in [4.69, 9.17) is 4.74 Å². The second-order valence-electron chi connectivity index (χ2n) is 4.44. The first-order chi connectivity index (χ1) is 9.20. The lowest BCUT2D eigenvalue weighted by atomic mass is 10.1. The summed E-state index contributed by atoms with van der Waals surface area (Å²) < 4.78 is 5.15. The molecule has 2 nitrogen and oxygen atoms in total. The molecule has 0 amide bonds. The third-order valence-corrected chi connectivity index (χ3v) is 3.89. The maximum atomic E-state index is 11.7. The SMILES string of the molecule is CCCOC(=O)C(C)Sc1ccc2ccccc2c1. The lowest BCUT2D eigenvalue weighted by Gasteiger charge is -2.11. The number of hydrogen-bond acceptors (Lipinski definition) is 3. The maximum absolute atomic E-state index is 11.7. The monoisotopic (exact) mass is 274 g/mol. The van der Waals surface area contributed by atoms with Crippen LogP contribution in [0.1, 0.15) is 20.3 Å². The average molecular weight is 274 g/mol. The van der Waals surface area contributed by atoms with E-state index in [1.165, 1.54) is 10.8 Å². The van der Waals surface area contributed by atoms with E-state index in [0.717, 1.165) is 11.3 Å². The molecular formula is C16H18O2S. The van der Waals surface area contributed by atoms with Gasteiger partial charge < -0.3 is 4.74 Å².